The number of carboxylic acids is 1. The van der Waals surface area contributed by atoms with Gasteiger partial charge in [0.2, 0.25) is 0 Å². The highest BCUT2D eigenvalue weighted by atomic mass is 35.5. The highest BCUT2D eigenvalue weighted by molar-refractivity contribution is 6.32. The van der Waals surface area contributed by atoms with Gasteiger partial charge in [-0.1, -0.05) is 35.3 Å². The van der Waals surface area contributed by atoms with E-state index in [0.717, 1.165) is 37.5 Å². The van der Waals surface area contributed by atoms with E-state index in [9.17, 15) is 9.90 Å². The first kappa shape index (κ1) is 27.8. The molecule has 2 aliphatic rings. The second kappa shape index (κ2) is 13.0. The molecule has 0 amide bonds. The third kappa shape index (κ3) is 7.63. The Morgan fingerprint density at radius 3 is 2.46 bits per heavy atom. The average molecular weight is 554 g/mol. The van der Waals surface area contributed by atoms with E-state index in [1.807, 2.05) is 17.0 Å². The predicted octanol–water partition coefficient (Wildman–Crippen LogP) is 2.63. The predicted molar refractivity (Wildman–Crippen MR) is 142 cm³/mol. The molecule has 2 aromatic carbocycles. The van der Waals surface area contributed by atoms with Gasteiger partial charge in [-0.15, -0.1) is 0 Å². The van der Waals surface area contributed by atoms with Crippen molar-refractivity contribution < 1.29 is 29.6 Å². The SMILES string of the molecule is O=C(O)COc1cc(Cl)c(OCCO)cc1N1C[C@H](NC2CCN(Cc3ccc(Cl)cc3)CC2)[C@@H](O)C1. The Kier molecular flexibility index (Phi) is 9.75. The molecule has 2 heterocycles. The van der Waals surface area contributed by atoms with Crippen LogP contribution in [0.1, 0.15) is 18.4 Å². The van der Waals surface area contributed by atoms with Crippen LogP contribution in [0.4, 0.5) is 5.69 Å². The maximum atomic E-state index is 11.1. The van der Waals surface area contributed by atoms with Crippen LogP contribution in [-0.2, 0) is 11.3 Å². The van der Waals surface area contributed by atoms with Crippen molar-refractivity contribution in [1.29, 1.82) is 0 Å². The van der Waals surface area contributed by atoms with E-state index in [1.54, 1.807) is 6.07 Å². The van der Waals surface area contributed by atoms with Crippen molar-refractivity contribution in [2.75, 3.05) is 50.9 Å². The molecule has 0 spiro atoms. The molecule has 37 heavy (non-hydrogen) atoms. The molecule has 0 bridgehead atoms. The summed E-state index contributed by atoms with van der Waals surface area (Å²) in [7, 11) is 0. The fourth-order valence-electron chi connectivity index (χ4n) is 4.85. The minimum atomic E-state index is -1.11. The van der Waals surface area contributed by atoms with Crippen molar-refractivity contribution in [2.24, 2.45) is 0 Å². The molecule has 2 fully saturated rings. The second-order valence-corrected chi connectivity index (χ2v) is 10.3. The molecule has 9 nitrogen and oxygen atoms in total. The van der Waals surface area contributed by atoms with Crippen molar-refractivity contribution in [1.82, 2.24) is 10.2 Å². The number of piperidine rings is 1. The molecule has 0 aromatic heterocycles. The lowest BCUT2D eigenvalue weighted by Gasteiger charge is -2.34. The van der Waals surface area contributed by atoms with Crippen molar-refractivity contribution >= 4 is 34.9 Å². The highest BCUT2D eigenvalue weighted by Crippen LogP contribution is 2.40. The number of β-amino-alcohol motifs (C(OH)–C–C–N with tert-alkyl or cyclic N) is 1. The molecule has 2 aliphatic heterocycles. The Morgan fingerprint density at radius 1 is 1.05 bits per heavy atom. The third-order valence-electron chi connectivity index (χ3n) is 6.70. The van der Waals surface area contributed by atoms with Crippen molar-refractivity contribution in [2.45, 2.75) is 37.6 Å². The maximum Gasteiger partial charge on any atom is 0.341 e. The summed E-state index contributed by atoms with van der Waals surface area (Å²) in [5.41, 5.74) is 1.82. The summed E-state index contributed by atoms with van der Waals surface area (Å²) in [6, 6.07) is 11.3. The van der Waals surface area contributed by atoms with Gasteiger partial charge in [0.1, 0.15) is 18.1 Å². The molecule has 4 N–H and O–H groups in total. The topological polar surface area (TPSA) is 115 Å². The monoisotopic (exact) mass is 553 g/mol. The van der Waals surface area contributed by atoms with Crippen LogP contribution >= 0.6 is 23.2 Å². The van der Waals surface area contributed by atoms with Gasteiger partial charge in [-0.05, 0) is 43.6 Å². The number of carboxylic acid groups (broad SMARTS) is 1. The van der Waals surface area contributed by atoms with Gasteiger partial charge in [0, 0.05) is 42.8 Å². The largest absolute Gasteiger partial charge is 0.490 e. The Balaban J connectivity index is 1.36. The van der Waals surface area contributed by atoms with Crippen molar-refractivity contribution in [3.8, 4) is 11.5 Å². The summed E-state index contributed by atoms with van der Waals surface area (Å²) in [5, 5.41) is 33.6. The molecule has 0 aliphatic carbocycles. The van der Waals surface area contributed by atoms with E-state index in [0.29, 0.717) is 30.3 Å². The number of aliphatic hydroxyl groups is 2. The van der Waals surface area contributed by atoms with E-state index in [-0.39, 0.29) is 30.3 Å². The number of carbonyl (C=O) groups is 1. The number of rotatable bonds is 11. The molecule has 4 rings (SSSR count). The van der Waals surface area contributed by atoms with Crippen LogP contribution in [0.15, 0.2) is 36.4 Å². The molecular weight excluding hydrogens is 521 g/mol. The van der Waals surface area contributed by atoms with E-state index in [4.69, 9.17) is 42.9 Å². The highest BCUT2D eigenvalue weighted by Gasteiger charge is 2.35. The smallest absolute Gasteiger partial charge is 0.341 e. The Hall–Kier alpha value is -2.27. The third-order valence-corrected chi connectivity index (χ3v) is 7.25. The second-order valence-electron chi connectivity index (χ2n) is 9.43. The number of anilines is 1. The van der Waals surface area contributed by atoms with Crippen LogP contribution in [0.25, 0.3) is 0 Å². The van der Waals surface area contributed by atoms with Crippen LogP contribution in [0, 0.1) is 0 Å². The molecule has 2 saturated heterocycles. The lowest BCUT2D eigenvalue weighted by atomic mass is 10.0. The minimum absolute atomic E-state index is 0.0675. The number of hydrogen-bond acceptors (Lipinski definition) is 8. The fraction of sp³-hybridized carbons (Fsp3) is 0.500. The van der Waals surface area contributed by atoms with Gasteiger partial charge in [0.15, 0.2) is 6.61 Å². The maximum absolute atomic E-state index is 11.1. The number of benzene rings is 2. The summed E-state index contributed by atoms with van der Waals surface area (Å²) in [6.07, 6.45) is 1.34. The molecular formula is C26H33Cl2N3O6. The number of nitrogens with one attached hydrogen (secondary N) is 1. The number of hydrogen-bond donors (Lipinski definition) is 4. The summed E-state index contributed by atoms with van der Waals surface area (Å²) in [5.74, 6) is -0.453. The van der Waals surface area contributed by atoms with Crippen LogP contribution < -0.4 is 19.7 Å². The molecule has 202 valence electrons. The number of ether oxygens (including phenoxy) is 2. The first-order chi connectivity index (χ1) is 17.8. The zero-order chi connectivity index (χ0) is 26.4. The lowest BCUT2D eigenvalue weighted by molar-refractivity contribution is -0.139. The quantitative estimate of drug-likeness (QED) is 0.333. The molecule has 11 heteroatoms. The van der Waals surface area contributed by atoms with Crippen molar-refractivity contribution in [3.05, 3.63) is 52.0 Å². The zero-order valence-electron chi connectivity index (χ0n) is 20.5. The van der Waals surface area contributed by atoms with Crippen LogP contribution in [0.3, 0.4) is 0 Å². The number of aliphatic hydroxyl groups excluding tert-OH is 2. The number of aliphatic carboxylic acids is 1. The number of likely N-dealkylation sites (tertiary alicyclic amines) is 1. The zero-order valence-corrected chi connectivity index (χ0v) is 22.0. The van der Waals surface area contributed by atoms with Gasteiger partial charge < -0.3 is 35.0 Å². The summed E-state index contributed by atoms with van der Waals surface area (Å²) >= 11 is 12.3. The van der Waals surface area contributed by atoms with Crippen LogP contribution in [0.2, 0.25) is 10.0 Å². The minimum Gasteiger partial charge on any atom is -0.490 e. The number of halogens is 2. The Labute approximate surface area is 226 Å². The molecule has 0 saturated carbocycles. The van der Waals surface area contributed by atoms with E-state index < -0.39 is 18.7 Å². The first-order valence-electron chi connectivity index (χ1n) is 12.4. The van der Waals surface area contributed by atoms with Gasteiger partial charge in [-0.2, -0.15) is 0 Å². The Bertz CT molecular complexity index is 1050. The summed E-state index contributed by atoms with van der Waals surface area (Å²) in [4.78, 5) is 15.4. The van der Waals surface area contributed by atoms with Gasteiger partial charge in [-0.25, -0.2) is 4.79 Å². The van der Waals surface area contributed by atoms with Crippen LogP contribution in [0.5, 0.6) is 11.5 Å². The molecule has 2 atom stereocenters. The molecule has 0 radical (unpaired) electrons. The van der Waals surface area contributed by atoms with Gasteiger partial charge >= 0.3 is 5.97 Å². The molecule has 2 aromatic rings. The Morgan fingerprint density at radius 2 is 1.78 bits per heavy atom. The first-order valence-corrected chi connectivity index (χ1v) is 13.2. The average Bonchev–Trinajstić information content (AvgIpc) is 3.24. The van der Waals surface area contributed by atoms with Gasteiger partial charge in [0.05, 0.1) is 29.5 Å². The number of nitrogens with zero attached hydrogens (tertiary/aromatic N) is 2. The molecule has 0 unspecified atom stereocenters. The van der Waals surface area contributed by atoms with E-state index >= 15 is 0 Å². The summed E-state index contributed by atoms with van der Waals surface area (Å²) < 4.78 is 11.0. The normalized spacial score (nSPS) is 20.8. The summed E-state index contributed by atoms with van der Waals surface area (Å²) in [6.45, 7) is 3.04. The van der Waals surface area contributed by atoms with Gasteiger partial charge in [0.25, 0.3) is 0 Å². The van der Waals surface area contributed by atoms with Crippen molar-refractivity contribution in [3.63, 3.8) is 0 Å². The van der Waals surface area contributed by atoms with E-state index in [1.165, 1.54) is 11.6 Å². The van der Waals surface area contributed by atoms with Crippen LogP contribution in [-0.4, -0.2) is 90.4 Å². The van der Waals surface area contributed by atoms with E-state index in [2.05, 4.69) is 22.3 Å². The fourth-order valence-corrected chi connectivity index (χ4v) is 5.18. The van der Waals surface area contributed by atoms with Gasteiger partial charge in [-0.3, -0.25) is 4.90 Å². The standard InChI is InChI=1S/C26H33Cl2N3O6/c27-18-3-1-17(2-4-18)13-30-7-5-19(6-8-30)29-21-14-31(15-23(21)33)22-12-24(36-10-9-32)20(28)11-25(22)37-16-26(34)35/h1-4,11-12,19,21,23,29,32-33H,5-10,13-16H2,(H,34,35)/t21-,23-/m0/s1. The lowest BCUT2D eigenvalue weighted by Crippen LogP contribution is -2.49.